The average Bonchev–Trinajstić information content (AvgIpc) is 2.59. The van der Waals surface area contributed by atoms with Crippen molar-refractivity contribution in [2.45, 2.75) is 43.8 Å². The highest BCUT2D eigenvalue weighted by Crippen LogP contribution is 2.37. The van der Waals surface area contributed by atoms with E-state index >= 15 is 0 Å². The predicted molar refractivity (Wildman–Crippen MR) is 111 cm³/mol. The van der Waals surface area contributed by atoms with Crippen LogP contribution >= 0.6 is 0 Å². The van der Waals surface area contributed by atoms with Crippen molar-refractivity contribution in [1.82, 2.24) is 0 Å². The van der Waals surface area contributed by atoms with Crippen LogP contribution in [0.1, 0.15) is 26.3 Å². The van der Waals surface area contributed by atoms with Gasteiger partial charge in [0.1, 0.15) is 0 Å². The second-order valence-electron chi connectivity index (χ2n) is 7.92. The van der Waals surface area contributed by atoms with Crippen LogP contribution in [0.3, 0.4) is 0 Å². The van der Waals surface area contributed by atoms with Gasteiger partial charge in [-0.3, -0.25) is 0 Å². The highest BCUT2D eigenvalue weighted by atomic mass is 32.2. The van der Waals surface area contributed by atoms with Crippen molar-refractivity contribution in [1.29, 1.82) is 0 Å². The van der Waals surface area contributed by atoms with E-state index < -0.39 is 18.2 Å². The van der Waals surface area contributed by atoms with Crippen LogP contribution in [0.15, 0.2) is 71.0 Å². The van der Waals surface area contributed by atoms with Crippen LogP contribution in [0.25, 0.3) is 5.57 Å². The fraction of sp³-hybridized carbons (Fsp3) is 0.333. The second kappa shape index (κ2) is 7.90. The van der Waals surface area contributed by atoms with Crippen molar-refractivity contribution < 1.29 is 12.8 Å². The van der Waals surface area contributed by atoms with Crippen LogP contribution in [0, 0.1) is 0 Å². The Morgan fingerprint density at radius 1 is 0.962 bits per heavy atom. The Morgan fingerprint density at radius 3 is 1.96 bits per heavy atom. The highest BCUT2D eigenvalue weighted by Gasteiger charge is 2.37. The zero-order valence-electron chi connectivity index (χ0n) is 16.2. The van der Waals surface area contributed by atoms with Gasteiger partial charge in [0.15, 0.2) is 18.2 Å². The summed E-state index contributed by atoms with van der Waals surface area (Å²) >= 11 is 0. The number of hydrogen-bond acceptors (Lipinski definition) is 3. The normalized spacial score (nSPS) is 13.7. The molecule has 0 fully saturated rings. The van der Waals surface area contributed by atoms with Crippen molar-refractivity contribution in [2.24, 2.45) is 0 Å². The Bertz CT molecular complexity index is 849. The molecule has 2 aromatic carbocycles. The van der Waals surface area contributed by atoms with Crippen molar-refractivity contribution in [3.63, 3.8) is 0 Å². The topological polar surface area (TPSA) is 43.4 Å². The Morgan fingerprint density at radius 2 is 1.46 bits per heavy atom. The molecule has 0 saturated carbocycles. The lowest BCUT2D eigenvalue weighted by Crippen LogP contribution is -2.41. The standard InChI is InChI=1S/C21H28O3SSi/c1-21(2,3)26(4,5)24-16-19(18-12-8-6-9-13-18)17-25(22,23)20-14-10-7-11-15-20/h6-15,17H,16H2,1-5H3/b19-17+. The molecule has 0 radical (unpaired) electrons. The SMILES string of the molecule is CC(C)(C)[Si](C)(C)OC/C(=C\S(=O)(=O)c1ccccc1)c1ccccc1. The third-order valence-corrected chi connectivity index (χ3v) is 10.9. The molecular weight excluding hydrogens is 360 g/mol. The second-order valence-corrected chi connectivity index (χ2v) is 14.5. The van der Waals surface area contributed by atoms with Gasteiger partial charge in [-0.05, 0) is 41.4 Å². The molecule has 5 heteroatoms. The third-order valence-electron chi connectivity index (χ3n) is 4.91. The van der Waals surface area contributed by atoms with Gasteiger partial charge < -0.3 is 4.43 Å². The quantitative estimate of drug-likeness (QED) is 0.612. The first-order valence-electron chi connectivity index (χ1n) is 8.73. The fourth-order valence-electron chi connectivity index (χ4n) is 2.18. The van der Waals surface area contributed by atoms with Crippen LogP contribution < -0.4 is 0 Å². The largest absolute Gasteiger partial charge is 0.413 e. The van der Waals surface area contributed by atoms with E-state index in [4.69, 9.17) is 4.43 Å². The molecule has 2 rings (SSSR count). The molecule has 0 aromatic heterocycles. The van der Waals surface area contributed by atoms with E-state index in [-0.39, 0.29) is 11.6 Å². The van der Waals surface area contributed by atoms with Crippen molar-refractivity contribution >= 4 is 23.7 Å². The number of hydrogen-bond donors (Lipinski definition) is 0. The maximum atomic E-state index is 12.8. The summed E-state index contributed by atoms with van der Waals surface area (Å²) < 4.78 is 31.9. The van der Waals surface area contributed by atoms with Gasteiger partial charge in [-0.25, -0.2) is 8.42 Å². The molecule has 0 unspecified atom stereocenters. The molecule has 0 aliphatic heterocycles. The highest BCUT2D eigenvalue weighted by molar-refractivity contribution is 7.94. The summed E-state index contributed by atoms with van der Waals surface area (Å²) in [6.07, 6.45) is 0. The maximum Gasteiger partial charge on any atom is 0.200 e. The number of rotatable bonds is 6. The van der Waals surface area contributed by atoms with Gasteiger partial charge in [0.05, 0.1) is 11.5 Å². The Kier molecular flexibility index (Phi) is 6.27. The Labute approximate surface area is 158 Å². The number of benzene rings is 2. The lowest BCUT2D eigenvalue weighted by molar-refractivity contribution is 0.334. The summed E-state index contributed by atoms with van der Waals surface area (Å²) in [5.41, 5.74) is 1.55. The van der Waals surface area contributed by atoms with E-state index in [2.05, 4.69) is 33.9 Å². The van der Waals surface area contributed by atoms with E-state index in [0.717, 1.165) is 5.56 Å². The van der Waals surface area contributed by atoms with Gasteiger partial charge in [0.2, 0.25) is 0 Å². The fourth-order valence-corrected chi connectivity index (χ4v) is 4.38. The molecule has 0 N–H and O–H groups in total. The van der Waals surface area contributed by atoms with Crippen LogP contribution in [0.2, 0.25) is 18.1 Å². The lowest BCUT2D eigenvalue weighted by atomic mass is 10.1. The first-order chi connectivity index (χ1) is 12.0. The summed E-state index contributed by atoms with van der Waals surface area (Å²) in [7, 11) is -5.53. The van der Waals surface area contributed by atoms with E-state index in [1.165, 1.54) is 5.41 Å². The van der Waals surface area contributed by atoms with E-state index in [1.807, 2.05) is 30.3 Å². The molecular formula is C21H28O3SSi. The Balaban J connectivity index is 2.40. The van der Waals surface area contributed by atoms with Crippen molar-refractivity contribution in [3.05, 3.63) is 71.6 Å². The molecule has 0 aliphatic carbocycles. The monoisotopic (exact) mass is 388 g/mol. The molecule has 0 saturated heterocycles. The van der Waals surface area contributed by atoms with Crippen LogP contribution in [0.4, 0.5) is 0 Å². The molecule has 0 bridgehead atoms. The summed E-state index contributed by atoms with van der Waals surface area (Å²) in [4.78, 5) is 0.292. The summed E-state index contributed by atoms with van der Waals surface area (Å²) in [6.45, 7) is 11.1. The molecule has 3 nitrogen and oxygen atoms in total. The minimum absolute atomic E-state index is 0.0626. The number of sulfone groups is 1. The molecule has 0 aliphatic rings. The molecule has 2 aromatic rings. The van der Waals surface area contributed by atoms with Crippen LogP contribution in [-0.4, -0.2) is 23.3 Å². The Hall–Kier alpha value is -1.69. The first-order valence-corrected chi connectivity index (χ1v) is 13.2. The summed E-state index contributed by atoms with van der Waals surface area (Å²) in [6, 6.07) is 18.1. The van der Waals surface area contributed by atoms with E-state index in [0.29, 0.717) is 10.5 Å². The maximum absolute atomic E-state index is 12.8. The van der Waals surface area contributed by atoms with Crippen molar-refractivity contribution in [2.75, 3.05) is 6.61 Å². The van der Waals surface area contributed by atoms with Gasteiger partial charge >= 0.3 is 0 Å². The zero-order valence-corrected chi connectivity index (χ0v) is 18.0. The van der Waals surface area contributed by atoms with Gasteiger partial charge in [0.25, 0.3) is 0 Å². The van der Waals surface area contributed by atoms with Crippen LogP contribution in [-0.2, 0) is 14.3 Å². The minimum atomic E-state index is -3.54. The predicted octanol–water partition coefficient (Wildman–Crippen LogP) is 5.52. The molecule has 0 amide bonds. The van der Waals surface area contributed by atoms with E-state index in [1.54, 1.807) is 30.3 Å². The molecule has 140 valence electrons. The molecule has 26 heavy (non-hydrogen) atoms. The van der Waals surface area contributed by atoms with Crippen LogP contribution in [0.5, 0.6) is 0 Å². The van der Waals surface area contributed by atoms with Gasteiger partial charge in [-0.15, -0.1) is 0 Å². The molecule has 0 heterocycles. The third kappa shape index (κ3) is 5.16. The van der Waals surface area contributed by atoms with E-state index in [9.17, 15) is 8.42 Å². The summed E-state index contributed by atoms with van der Waals surface area (Å²) in [5.74, 6) is 0. The zero-order chi connectivity index (χ0) is 19.4. The summed E-state index contributed by atoms with van der Waals surface area (Å²) in [5, 5.41) is 1.41. The van der Waals surface area contributed by atoms with Gasteiger partial charge in [0, 0.05) is 5.41 Å². The van der Waals surface area contributed by atoms with Gasteiger partial charge in [-0.2, -0.15) is 0 Å². The minimum Gasteiger partial charge on any atom is -0.413 e. The first kappa shape index (κ1) is 20.6. The van der Waals surface area contributed by atoms with Crippen molar-refractivity contribution in [3.8, 4) is 0 Å². The lowest BCUT2D eigenvalue weighted by Gasteiger charge is -2.36. The van der Waals surface area contributed by atoms with Gasteiger partial charge in [-0.1, -0.05) is 69.3 Å². The molecule has 0 spiro atoms. The molecule has 0 atom stereocenters. The smallest absolute Gasteiger partial charge is 0.200 e. The average molecular weight is 389 g/mol.